The van der Waals surface area contributed by atoms with E-state index in [9.17, 15) is 9.59 Å². The fourth-order valence-electron chi connectivity index (χ4n) is 2.79. The van der Waals surface area contributed by atoms with E-state index in [4.69, 9.17) is 21.1 Å². The summed E-state index contributed by atoms with van der Waals surface area (Å²) in [5.41, 5.74) is 2.92. The van der Waals surface area contributed by atoms with Crippen molar-refractivity contribution in [2.75, 3.05) is 0 Å². The van der Waals surface area contributed by atoms with Gasteiger partial charge < -0.3 is 9.47 Å². The molecule has 0 N–H and O–H groups in total. The Morgan fingerprint density at radius 2 is 1.77 bits per heavy atom. The van der Waals surface area contributed by atoms with Gasteiger partial charge in [0.05, 0.1) is 5.56 Å². The summed E-state index contributed by atoms with van der Waals surface area (Å²) in [6.45, 7) is 1.89. The standard InChI is InChI=1S/C24H16ClNO4/c1-15-7-10-18(14-20(15)25)22-26-21(24(28)30-22)13-16-8-11-19(12-9-16)29-23(27)17-5-3-2-4-6-17/h2-14H,1H3/b21-13-. The van der Waals surface area contributed by atoms with Crippen molar-refractivity contribution < 1.29 is 19.1 Å². The van der Waals surface area contributed by atoms with Crippen LogP contribution in [0.15, 0.2) is 83.5 Å². The van der Waals surface area contributed by atoms with E-state index >= 15 is 0 Å². The molecule has 148 valence electrons. The molecule has 30 heavy (non-hydrogen) atoms. The van der Waals surface area contributed by atoms with Gasteiger partial charge in [0.1, 0.15) is 5.75 Å². The largest absolute Gasteiger partial charge is 0.423 e. The van der Waals surface area contributed by atoms with Crippen molar-refractivity contribution in [2.24, 2.45) is 4.99 Å². The topological polar surface area (TPSA) is 65.0 Å². The van der Waals surface area contributed by atoms with Crippen LogP contribution >= 0.6 is 11.6 Å². The number of rotatable bonds is 4. The first kappa shape index (κ1) is 19.6. The number of ether oxygens (including phenoxy) is 2. The van der Waals surface area contributed by atoms with Crippen molar-refractivity contribution >= 4 is 35.5 Å². The van der Waals surface area contributed by atoms with Gasteiger partial charge in [-0.25, -0.2) is 14.6 Å². The highest BCUT2D eigenvalue weighted by atomic mass is 35.5. The Labute approximate surface area is 178 Å². The third-order valence-electron chi connectivity index (χ3n) is 4.44. The zero-order valence-electron chi connectivity index (χ0n) is 16.0. The van der Waals surface area contributed by atoms with Crippen molar-refractivity contribution in [1.82, 2.24) is 0 Å². The van der Waals surface area contributed by atoms with Gasteiger partial charge in [-0.05, 0) is 60.5 Å². The predicted octanol–water partition coefficient (Wildman–Crippen LogP) is 5.21. The Hall–Kier alpha value is -3.70. The first-order valence-electron chi connectivity index (χ1n) is 9.16. The number of hydrogen-bond donors (Lipinski definition) is 0. The monoisotopic (exact) mass is 417 g/mol. The van der Waals surface area contributed by atoms with E-state index in [2.05, 4.69) is 4.99 Å². The maximum atomic E-state index is 12.2. The second kappa shape index (κ2) is 8.35. The fourth-order valence-corrected chi connectivity index (χ4v) is 2.97. The molecule has 3 aromatic carbocycles. The van der Waals surface area contributed by atoms with Crippen molar-refractivity contribution in [1.29, 1.82) is 0 Å². The Morgan fingerprint density at radius 1 is 1.03 bits per heavy atom. The molecule has 5 nitrogen and oxygen atoms in total. The van der Waals surface area contributed by atoms with E-state index in [0.717, 1.165) is 5.56 Å². The highest BCUT2D eigenvalue weighted by molar-refractivity contribution is 6.31. The number of cyclic esters (lactones) is 1. The van der Waals surface area contributed by atoms with Crippen LogP contribution in [0.4, 0.5) is 0 Å². The van der Waals surface area contributed by atoms with E-state index in [1.165, 1.54) is 0 Å². The molecule has 1 aliphatic rings. The van der Waals surface area contributed by atoms with Gasteiger partial charge in [-0.2, -0.15) is 0 Å². The van der Waals surface area contributed by atoms with Gasteiger partial charge in [-0.3, -0.25) is 0 Å². The van der Waals surface area contributed by atoms with Crippen LogP contribution in [0.2, 0.25) is 5.02 Å². The van der Waals surface area contributed by atoms with E-state index in [1.54, 1.807) is 66.7 Å². The van der Waals surface area contributed by atoms with E-state index in [-0.39, 0.29) is 11.6 Å². The van der Waals surface area contributed by atoms with Crippen molar-refractivity contribution in [2.45, 2.75) is 6.92 Å². The van der Waals surface area contributed by atoms with Gasteiger partial charge in [0.25, 0.3) is 0 Å². The summed E-state index contributed by atoms with van der Waals surface area (Å²) < 4.78 is 10.6. The second-order valence-electron chi connectivity index (χ2n) is 6.62. The SMILES string of the molecule is Cc1ccc(C2=N/C(=C\c3ccc(OC(=O)c4ccccc4)cc3)C(=O)O2)cc1Cl. The predicted molar refractivity (Wildman–Crippen MR) is 115 cm³/mol. The average molecular weight is 418 g/mol. The fraction of sp³-hybridized carbons (Fsp3) is 0.0417. The van der Waals surface area contributed by atoms with Gasteiger partial charge in [0.2, 0.25) is 5.90 Å². The molecular formula is C24H16ClNO4. The Bertz CT molecular complexity index is 1180. The maximum Gasteiger partial charge on any atom is 0.363 e. The minimum absolute atomic E-state index is 0.177. The minimum atomic E-state index is -0.540. The van der Waals surface area contributed by atoms with E-state index in [1.807, 2.05) is 19.1 Å². The lowest BCUT2D eigenvalue weighted by Gasteiger charge is -2.04. The molecule has 0 saturated carbocycles. The number of aliphatic imine (C=N–C) groups is 1. The molecule has 0 radical (unpaired) electrons. The van der Waals surface area contributed by atoms with Crippen LogP contribution in [0.1, 0.15) is 27.0 Å². The van der Waals surface area contributed by atoms with Gasteiger partial charge in [-0.15, -0.1) is 0 Å². The molecule has 1 aliphatic heterocycles. The molecular weight excluding hydrogens is 402 g/mol. The van der Waals surface area contributed by atoms with E-state index < -0.39 is 11.9 Å². The third-order valence-corrected chi connectivity index (χ3v) is 4.85. The first-order valence-corrected chi connectivity index (χ1v) is 9.54. The minimum Gasteiger partial charge on any atom is -0.423 e. The zero-order valence-corrected chi connectivity index (χ0v) is 16.7. The van der Waals surface area contributed by atoms with Gasteiger partial charge in [-0.1, -0.05) is 48.0 Å². The van der Waals surface area contributed by atoms with Crippen molar-refractivity contribution in [3.8, 4) is 5.75 Å². The van der Waals surface area contributed by atoms with Crippen LogP contribution in [-0.4, -0.2) is 17.8 Å². The molecule has 4 rings (SSSR count). The van der Waals surface area contributed by atoms with Crippen LogP contribution in [-0.2, 0) is 9.53 Å². The Morgan fingerprint density at radius 3 is 2.47 bits per heavy atom. The molecule has 0 aromatic heterocycles. The number of carbonyl (C=O) groups is 2. The molecule has 0 atom stereocenters. The summed E-state index contributed by atoms with van der Waals surface area (Å²) in [6.07, 6.45) is 1.61. The number of carbonyl (C=O) groups excluding carboxylic acids is 2. The van der Waals surface area contributed by atoms with Gasteiger partial charge >= 0.3 is 11.9 Å². The normalized spacial score (nSPS) is 14.4. The molecule has 0 unspecified atom stereocenters. The van der Waals surface area contributed by atoms with Crippen LogP contribution in [0.3, 0.4) is 0 Å². The molecule has 6 heteroatoms. The summed E-state index contributed by atoms with van der Waals surface area (Å²) in [6, 6.07) is 20.8. The Kier molecular flexibility index (Phi) is 5.46. The van der Waals surface area contributed by atoms with Gasteiger partial charge in [0, 0.05) is 10.6 Å². The number of halogens is 1. The molecule has 0 fully saturated rings. The first-order chi connectivity index (χ1) is 14.5. The van der Waals surface area contributed by atoms with Crippen molar-refractivity contribution in [3.05, 3.63) is 106 Å². The highest BCUT2D eigenvalue weighted by Crippen LogP contribution is 2.23. The second-order valence-corrected chi connectivity index (χ2v) is 7.03. The van der Waals surface area contributed by atoms with Crippen LogP contribution in [0.5, 0.6) is 5.75 Å². The number of benzene rings is 3. The van der Waals surface area contributed by atoms with E-state index in [0.29, 0.717) is 27.5 Å². The quantitative estimate of drug-likeness (QED) is 0.332. The Balaban J connectivity index is 1.50. The van der Waals surface area contributed by atoms with Crippen molar-refractivity contribution in [3.63, 3.8) is 0 Å². The third kappa shape index (κ3) is 4.31. The van der Waals surface area contributed by atoms with Gasteiger partial charge in [0.15, 0.2) is 5.70 Å². The van der Waals surface area contributed by atoms with Crippen LogP contribution in [0.25, 0.3) is 6.08 Å². The highest BCUT2D eigenvalue weighted by Gasteiger charge is 2.24. The molecule has 0 saturated heterocycles. The molecule has 0 aliphatic carbocycles. The lowest BCUT2D eigenvalue weighted by Crippen LogP contribution is -2.07. The maximum absolute atomic E-state index is 12.2. The number of aryl methyl sites for hydroxylation is 1. The molecule has 3 aromatic rings. The summed E-state index contributed by atoms with van der Waals surface area (Å²) in [5.74, 6) is -0.367. The number of hydrogen-bond acceptors (Lipinski definition) is 5. The molecule has 0 bridgehead atoms. The summed E-state index contributed by atoms with van der Waals surface area (Å²) >= 11 is 6.14. The molecule has 0 spiro atoms. The lowest BCUT2D eigenvalue weighted by atomic mass is 10.1. The van der Waals surface area contributed by atoms with Crippen LogP contribution < -0.4 is 4.74 Å². The smallest absolute Gasteiger partial charge is 0.363 e. The van der Waals surface area contributed by atoms with Crippen LogP contribution in [0, 0.1) is 6.92 Å². The number of esters is 2. The average Bonchev–Trinajstić information content (AvgIpc) is 3.12. The lowest BCUT2D eigenvalue weighted by molar-refractivity contribution is -0.129. The summed E-state index contributed by atoms with van der Waals surface area (Å²) in [7, 11) is 0. The zero-order chi connectivity index (χ0) is 21.1. The number of nitrogens with zero attached hydrogens (tertiary/aromatic N) is 1. The molecule has 1 heterocycles. The molecule has 0 amide bonds. The summed E-state index contributed by atoms with van der Waals surface area (Å²) in [4.78, 5) is 28.6. The summed E-state index contributed by atoms with van der Waals surface area (Å²) in [5, 5.41) is 0.573.